The second-order valence-corrected chi connectivity index (χ2v) is 8.75. The normalized spacial score (nSPS) is 13.2. The van der Waals surface area contributed by atoms with E-state index >= 15 is 4.39 Å². The summed E-state index contributed by atoms with van der Waals surface area (Å²) in [6.45, 7) is 0. The van der Waals surface area contributed by atoms with Crippen LogP contribution in [-0.4, -0.2) is 60.1 Å². The number of ether oxygens (including phenoxy) is 2. The number of hydrogen-bond acceptors (Lipinski definition) is 9. The molecule has 1 aliphatic heterocycles. The molecule has 16 heteroatoms. The van der Waals surface area contributed by atoms with Gasteiger partial charge in [0.15, 0.2) is 11.5 Å². The molecule has 12 nitrogen and oxygen atoms in total. The molecule has 0 fully saturated rings. The van der Waals surface area contributed by atoms with E-state index in [4.69, 9.17) is 20.6 Å². The average molecular weight is 603 g/mol. The average Bonchev–Trinajstić information content (AvgIpc) is 3.23. The molecule has 224 valence electrons. The molecule has 43 heavy (non-hydrogen) atoms. The number of anilines is 1. The number of hydroxylamine groups is 1. The smallest absolute Gasteiger partial charge is 0.493 e. The molecule has 3 amide bonds. The highest BCUT2D eigenvalue weighted by molar-refractivity contribution is 6.21. The molecular formula is C27H21F4N5O7. The van der Waals surface area contributed by atoms with Gasteiger partial charge in [-0.1, -0.05) is 17.3 Å². The molecule has 4 N–H and O–H groups in total. The highest BCUT2D eigenvalue weighted by Gasteiger charge is 2.50. The molecule has 0 bridgehead atoms. The summed E-state index contributed by atoms with van der Waals surface area (Å²) in [4.78, 5) is 56.5. The number of hydrazine groups is 1. The molecule has 0 radical (unpaired) electrons. The fourth-order valence-electron chi connectivity index (χ4n) is 4.04. The van der Waals surface area contributed by atoms with E-state index in [1.54, 1.807) is 0 Å². The van der Waals surface area contributed by atoms with Crippen LogP contribution < -0.4 is 20.5 Å². The second-order valence-electron chi connectivity index (χ2n) is 8.75. The van der Waals surface area contributed by atoms with Gasteiger partial charge in [-0.05, 0) is 42.5 Å². The van der Waals surface area contributed by atoms with Crippen molar-refractivity contribution in [3.8, 4) is 11.5 Å². The van der Waals surface area contributed by atoms with E-state index in [2.05, 4.69) is 10.2 Å². The van der Waals surface area contributed by atoms with E-state index in [9.17, 15) is 32.3 Å². The number of nitrogens with one attached hydrogen (secondary N) is 2. The first kappa shape index (κ1) is 30.3. The van der Waals surface area contributed by atoms with E-state index < -0.39 is 52.5 Å². The number of alkyl halides is 3. The zero-order chi connectivity index (χ0) is 31.6. The maximum atomic E-state index is 15.5. The summed E-state index contributed by atoms with van der Waals surface area (Å²) in [6, 6.07) is 10.1. The van der Waals surface area contributed by atoms with Crippen molar-refractivity contribution in [1.29, 1.82) is 5.41 Å². The Hall–Kier alpha value is -5.67. The molecule has 1 heterocycles. The van der Waals surface area contributed by atoms with Crippen LogP contribution >= 0.6 is 0 Å². The number of fused-ring (bicyclic) bond motifs is 1. The van der Waals surface area contributed by atoms with E-state index in [0.717, 1.165) is 12.1 Å². The van der Waals surface area contributed by atoms with Gasteiger partial charge in [0.05, 0.1) is 25.3 Å². The van der Waals surface area contributed by atoms with E-state index in [1.807, 2.05) is 0 Å². The maximum Gasteiger partial charge on any atom is 0.493 e. The van der Waals surface area contributed by atoms with Crippen molar-refractivity contribution in [2.24, 2.45) is 5.73 Å². The number of carbonyl (C=O) groups is 4. The fraction of sp³-hybridized carbons (Fsp3) is 0.148. The minimum atomic E-state index is -5.67. The van der Waals surface area contributed by atoms with Gasteiger partial charge in [0.2, 0.25) is 0 Å². The Morgan fingerprint density at radius 1 is 0.953 bits per heavy atom. The minimum Gasteiger partial charge on any atom is -0.493 e. The summed E-state index contributed by atoms with van der Waals surface area (Å²) in [6.07, 6.45) is -5.67. The number of nitrogen functional groups attached to an aromatic ring is 1. The van der Waals surface area contributed by atoms with E-state index in [1.165, 1.54) is 62.8 Å². The Balaban J connectivity index is 1.87. The predicted octanol–water partition coefficient (Wildman–Crippen LogP) is 3.34. The van der Waals surface area contributed by atoms with E-state index in [-0.39, 0.29) is 44.7 Å². The number of amides is 3. The van der Waals surface area contributed by atoms with Crippen molar-refractivity contribution in [2.45, 2.75) is 12.2 Å². The third-order valence-electron chi connectivity index (χ3n) is 6.11. The van der Waals surface area contributed by atoms with Crippen LogP contribution in [0.15, 0.2) is 60.7 Å². The van der Waals surface area contributed by atoms with E-state index in [0.29, 0.717) is 0 Å². The number of imide groups is 1. The highest BCUT2D eigenvalue weighted by atomic mass is 19.4. The molecule has 0 aliphatic carbocycles. The largest absolute Gasteiger partial charge is 0.493 e. The third kappa shape index (κ3) is 5.88. The van der Waals surface area contributed by atoms with Crippen LogP contribution in [0.25, 0.3) is 0 Å². The Morgan fingerprint density at radius 3 is 1.98 bits per heavy atom. The number of rotatable bonds is 8. The first-order valence-corrected chi connectivity index (χ1v) is 12.0. The van der Waals surface area contributed by atoms with Crippen LogP contribution in [0.1, 0.15) is 37.9 Å². The van der Waals surface area contributed by atoms with Gasteiger partial charge in [-0.25, -0.2) is 9.18 Å². The molecule has 4 rings (SSSR count). The van der Waals surface area contributed by atoms with Crippen LogP contribution in [0.2, 0.25) is 0 Å². The molecule has 0 spiro atoms. The van der Waals surface area contributed by atoms with Gasteiger partial charge in [-0.15, -0.1) is 5.01 Å². The van der Waals surface area contributed by atoms with Gasteiger partial charge in [0, 0.05) is 22.9 Å². The van der Waals surface area contributed by atoms with Crippen LogP contribution in [-0.2, 0) is 14.4 Å². The minimum absolute atomic E-state index is 0.0435. The lowest BCUT2D eigenvalue weighted by molar-refractivity contribution is -0.263. The lowest BCUT2D eigenvalue weighted by atomic mass is 10.0. The van der Waals surface area contributed by atoms with Gasteiger partial charge >= 0.3 is 18.1 Å². The number of methoxy groups -OCH3 is 2. The van der Waals surface area contributed by atoms with Crippen molar-refractivity contribution in [1.82, 2.24) is 10.2 Å². The van der Waals surface area contributed by atoms with Crippen LogP contribution in [0.3, 0.4) is 0 Å². The molecular weight excluding hydrogens is 582 g/mol. The summed E-state index contributed by atoms with van der Waals surface area (Å²) in [5.74, 6) is -8.87. The van der Waals surface area contributed by atoms with Crippen molar-refractivity contribution in [2.75, 3.05) is 19.5 Å². The molecule has 1 atom stereocenters. The van der Waals surface area contributed by atoms with Gasteiger partial charge in [-0.3, -0.25) is 19.8 Å². The molecule has 3 aromatic carbocycles. The van der Waals surface area contributed by atoms with Crippen molar-refractivity contribution < 1.29 is 51.1 Å². The Labute approximate surface area is 239 Å². The molecule has 0 aromatic heterocycles. The number of carbonyl (C=O) groups excluding carboxylic acids is 4. The number of amidine groups is 1. The van der Waals surface area contributed by atoms with Crippen LogP contribution in [0.4, 0.5) is 23.2 Å². The van der Waals surface area contributed by atoms with Gasteiger partial charge < -0.3 is 25.4 Å². The topological polar surface area (TPSA) is 164 Å². The summed E-state index contributed by atoms with van der Waals surface area (Å²) >= 11 is 0. The number of nitrogens with two attached hydrogens (primary N) is 1. The second kappa shape index (κ2) is 11.7. The van der Waals surface area contributed by atoms with Gasteiger partial charge in [-0.2, -0.15) is 13.2 Å². The summed E-state index contributed by atoms with van der Waals surface area (Å²) in [7, 11) is 2.40. The number of nitrogens with zero attached hydrogens (tertiary/aromatic N) is 2. The van der Waals surface area contributed by atoms with Crippen molar-refractivity contribution in [3.63, 3.8) is 0 Å². The third-order valence-corrected chi connectivity index (χ3v) is 6.11. The van der Waals surface area contributed by atoms with Crippen molar-refractivity contribution in [3.05, 3.63) is 88.7 Å². The summed E-state index contributed by atoms with van der Waals surface area (Å²) in [5, 5.41) is 9.58. The van der Waals surface area contributed by atoms with Gasteiger partial charge in [0.1, 0.15) is 17.7 Å². The SMILES string of the molecule is COc1cc(F)c(C(Nc2ccc(C(=N)N)cc2)C(=O)N(OC(=O)C(F)(F)F)N2C(=O)c3ccccc3C2=O)cc1OC. The Kier molecular flexibility index (Phi) is 8.22. The zero-order valence-corrected chi connectivity index (χ0v) is 22.2. The summed E-state index contributed by atoms with van der Waals surface area (Å²) < 4.78 is 65.6. The zero-order valence-electron chi connectivity index (χ0n) is 22.2. The molecule has 1 aliphatic rings. The lowest BCUT2D eigenvalue weighted by Crippen LogP contribution is -2.54. The fourth-order valence-corrected chi connectivity index (χ4v) is 4.04. The summed E-state index contributed by atoms with van der Waals surface area (Å²) in [5.41, 5.74) is 4.60. The Morgan fingerprint density at radius 2 is 1.49 bits per heavy atom. The lowest BCUT2D eigenvalue weighted by Gasteiger charge is -2.31. The molecule has 0 saturated carbocycles. The Bertz CT molecular complexity index is 1590. The standard InChI is InChI=1S/C27H21F4N5O7/c1-41-19-11-17(18(28)12-20(19)42-2)21(34-14-9-7-13(8-10-14)22(32)33)25(39)36(43-26(40)27(29,30)31)35-23(37)15-5-3-4-6-16(15)24(35)38/h3-12,21,34H,1-2H3,(H3,32,33). The molecule has 0 saturated heterocycles. The maximum absolute atomic E-state index is 15.5. The highest BCUT2D eigenvalue weighted by Crippen LogP contribution is 2.36. The van der Waals surface area contributed by atoms with Crippen molar-refractivity contribution >= 4 is 35.2 Å². The predicted molar refractivity (Wildman–Crippen MR) is 139 cm³/mol. The first-order chi connectivity index (χ1) is 20.3. The number of hydrogen-bond donors (Lipinski definition) is 3. The van der Waals surface area contributed by atoms with Crippen LogP contribution in [0, 0.1) is 11.2 Å². The first-order valence-electron chi connectivity index (χ1n) is 12.0. The van der Waals surface area contributed by atoms with Crippen LogP contribution in [0.5, 0.6) is 11.5 Å². The monoisotopic (exact) mass is 603 g/mol. The molecule has 1 unspecified atom stereocenters. The molecule has 3 aromatic rings. The number of halogens is 4. The van der Waals surface area contributed by atoms with Gasteiger partial charge in [0.25, 0.3) is 11.8 Å². The number of benzene rings is 3. The quantitative estimate of drug-likeness (QED) is 0.115.